The van der Waals surface area contributed by atoms with Crippen molar-refractivity contribution >= 4 is 27.2 Å². The monoisotopic (exact) mass is 228 g/mol. The van der Waals surface area contributed by atoms with Crippen molar-refractivity contribution in [1.82, 2.24) is 4.98 Å². The Hall–Kier alpha value is -1.74. The molecule has 3 aromatic rings. The molecule has 0 radical (unpaired) electrons. The van der Waals surface area contributed by atoms with Gasteiger partial charge in [0.1, 0.15) is 0 Å². The van der Waals surface area contributed by atoms with Gasteiger partial charge in [-0.25, -0.2) is 0 Å². The fraction of sp³-hybridized carbons (Fsp3) is 0.0769. The molecule has 3 N–H and O–H groups in total. The summed E-state index contributed by atoms with van der Waals surface area (Å²) in [6.07, 6.45) is 0. The summed E-state index contributed by atoms with van der Waals surface area (Å²) in [5.74, 6) is 0. The number of H-pyrrole nitrogens is 1. The van der Waals surface area contributed by atoms with Crippen molar-refractivity contribution in [1.29, 1.82) is 0 Å². The van der Waals surface area contributed by atoms with Gasteiger partial charge in [0.15, 0.2) is 0 Å². The van der Waals surface area contributed by atoms with Crippen molar-refractivity contribution in [2.75, 3.05) is 5.73 Å². The van der Waals surface area contributed by atoms with E-state index in [-0.39, 0.29) is 0 Å². The summed E-state index contributed by atoms with van der Waals surface area (Å²) in [6.45, 7) is 2.10. The van der Waals surface area contributed by atoms with Crippen LogP contribution in [0.5, 0.6) is 0 Å². The standard InChI is InChI=1S/C13H12N2S/c1-8-13(11-6-7-12(14)16-11)9-4-2-3-5-10(9)15-8/h2-7,15H,14H2,1H3. The van der Waals surface area contributed by atoms with Crippen molar-refractivity contribution in [2.45, 2.75) is 6.92 Å². The maximum absolute atomic E-state index is 5.79. The predicted octanol–water partition coefficient (Wildman–Crippen LogP) is 3.79. The number of anilines is 1. The molecule has 0 aliphatic carbocycles. The van der Waals surface area contributed by atoms with Gasteiger partial charge in [-0.3, -0.25) is 0 Å². The molecule has 0 aliphatic rings. The summed E-state index contributed by atoms with van der Waals surface area (Å²) in [7, 11) is 0. The Morgan fingerprint density at radius 1 is 1.12 bits per heavy atom. The first-order valence-electron chi connectivity index (χ1n) is 5.18. The highest BCUT2D eigenvalue weighted by molar-refractivity contribution is 7.19. The first-order valence-corrected chi connectivity index (χ1v) is 6.00. The van der Waals surface area contributed by atoms with E-state index in [1.807, 2.05) is 12.1 Å². The Balaban J connectivity index is 2.34. The summed E-state index contributed by atoms with van der Waals surface area (Å²) in [4.78, 5) is 4.63. The lowest BCUT2D eigenvalue weighted by Crippen LogP contribution is -1.74. The number of nitrogen functional groups attached to an aromatic ring is 1. The van der Waals surface area contributed by atoms with Gasteiger partial charge >= 0.3 is 0 Å². The van der Waals surface area contributed by atoms with E-state index in [0.29, 0.717) is 0 Å². The lowest BCUT2D eigenvalue weighted by molar-refractivity contribution is 1.30. The lowest BCUT2D eigenvalue weighted by Gasteiger charge is -1.96. The zero-order valence-electron chi connectivity index (χ0n) is 8.95. The number of aromatic nitrogens is 1. The molecule has 1 aromatic carbocycles. The molecule has 2 nitrogen and oxygen atoms in total. The number of hydrogen-bond acceptors (Lipinski definition) is 2. The topological polar surface area (TPSA) is 41.8 Å². The SMILES string of the molecule is Cc1[nH]c2ccccc2c1-c1ccc(N)s1. The number of benzene rings is 1. The first-order chi connectivity index (χ1) is 7.75. The molecule has 3 rings (SSSR count). The molecular formula is C13H12N2S. The molecule has 0 saturated carbocycles. The molecule has 2 heterocycles. The van der Waals surface area contributed by atoms with Crippen LogP contribution in [0.1, 0.15) is 5.69 Å². The zero-order valence-corrected chi connectivity index (χ0v) is 9.77. The highest BCUT2D eigenvalue weighted by Gasteiger charge is 2.11. The Bertz CT molecular complexity index is 649. The van der Waals surface area contributed by atoms with Gasteiger partial charge < -0.3 is 10.7 Å². The van der Waals surface area contributed by atoms with Gasteiger partial charge in [-0.1, -0.05) is 18.2 Å². The largest absolute Gasteiger partial charge is 0.391 e. The second-order valence-electron chi connectivity index (χ2n) is 3.87. The Morgan fingerprint density at radius 2 is 1.94 bits per heavy atom. The third kappa shape index (κ3) is 1.32. The highest BCUT2D eigenvalue weighted by Crippen LogP contribution is 2.36. The number of thiophene rings is 1. The third-order valence-electron chi connectivity index (χ3n) is 2.77. The molecule has 16 heavy (non-hydrogen) atoms. The van der Waals surface area contributed by atoms with Crippen LogP contribution in [-0.4, -0.2) is 4.98 Å². The molecule has 0 saturated heterocycles. The predicted molar refractivity (Wildman–Crippen MR) is 70.8 cm³/mol. The van der Waals surface area contributed by atoms with Crippen LogP contribution in [0, 0.1) is 6.92 Å². The number of hydrogen-bond donors (Lipinski definition) is 2. The van der Waals surface area contributed by atoms with E-state index >= 15 is 0 Å². The maximum Gasteiger partial charge on any atom is 0.0862 e. The lowest BCUT2D eigenvalue weighted by atomic mass is 10.1. The molecule has 0 aliphatic heterocycles. The third-order valence-corrected chi connectivity index (χ3v) is 3.70. The minimum atomic E-state index is 0.861. The second-order valence-corrected chi connectivity index (χ2v) is 4.99. The van der Waals surface area contributed by atoms with Crippen LogP contribution >= 0.6 is 11.3 Å². The van der Waals surface area contributed by atoms with Crippen LogP contribution < -0.4 is 5.73 Å². The average Bonchev–Trinajstić information content (AvgIpc) is 2.80. The number of aryl methyl sites for hydroxylation is 1. The van der Waals surface area contributed by atoms with E-state index in [1.165, 1.54) is 27.0 Å². The van der Waals surface area contributed by atoms with Crippen LogP contribution in [0.2, 0.25) is 0 Å². The number of fused-ring (bicyclic) bond motifs is 1. The fourth-order valence-corrected chi connectivity index (χ4v) is 2.97. The first kappa shape index (κ1) is 9.48. The zero-order chi connectivity index (χ0) is 11.1. The number of nitrogens with one attached hydrogen (secondary N) is 1. The Labute approximate surface area is 97.7 Å². The molecule has 0 spiro atoms. The molecule has 0 atom stereocenters. The van der Waals surface area contributed by atoms with Crippen molar-refractivity contribution in [3.63, 3.8) is 0 Å². The second kappa shape index (κ2) is 3.39. The van der Waals surface area contributed by atoms with Crippen molar-refractivity contribution < 1.29 is 0 Å². The molecule has 2 aromatic heterocycles. The average molecular weight is 228 g/mol. The Morgan fingerprint density at radius 3 is 2.69 bits per heavy atom. The summed E-state index contributed by atoms with van der Waals surface area (Å²) >= 11 is 1.63. The summed E-state index contributed by atoms with van der Waals surface area (Å²) in [5.41, 5.74) is 9.44. The van der Waals surface area contributed by atoms with E-state index < -0.39 is 0 Å². The van der Waals surface area contributed by atoms with Crippen molar-refractivity contribution in [3.8, 4) is 10.4 Å². The minimum absolute atomic E-state index is 0.861. The van der Waals surface area contributed by atoms with Crippen LogP contribution in [0.15, 0.2) is 36.4 Å². The van der Waals surface area contributed by atoms with Crippen molar-refractivity contribution in [2.24, 2.45) is 0 Å². The molecule has 3 heteroatoms. The number of aromatic amines is 1. The fourth-order valence-electron chi connectivity index (χ4n) is 2.08. The van der Waals surface area contributed by atoms with E-state index in [4.69, 9.17) is 5.73 Å². The summed E-state index contributed by atoms with van der Waals surface area (Å²) in [5, 5.41) is 2.13. The van der Waals surface area contributed by atoms with Gasteiger partial charge in [-0.2, -0.15) is 0 Å². The highest BCUT2D eigenvalue weighted by atomic mass is 32.1. The molecule has 0 amide bonds. The maximum atomic E-state index is 5.79. The van der Waals surface area contributed by atoms with Crippen molar-refractivity contribution in [3.05, 3.63) is 42.1 Å². The molecule has 0 bridgehead atoms. The van der Waals surface area contributed by atoms with Crippen LogP contribution in [0.25, 0.3) is 21.3 Å². The number of nitrogens with two attached hydrogens (primary N) is 1. The van der Waals surface area contributed by atoms with Gasteiger partial charge in [0, 0.05) is 27.0 Å². The van der Waals surface area contributed by atoms with Gasteiger partial charge in [0.2, 0.25) is 0 Å². The van der Waals surface area contributed by atoms with Gasteiger partial charge in [-0.15, -0.1) is 11.3 Å². The van der Waals surface area contributed by atoms with E-state index in [9.17, 15) is 0 Å². The van der Waals surface area contributed by atoms with E-state index in [2.05, 4.69) is 36.2 Å². The normalized spacial score (nSPS) is 11.1. The van der Waals surface area contributed by atoms with E-state index in [0.717, 1.165) is 5.00 Å². The van der Waals surface area contributed by atoms with E-state index in [1.54, 1.807) is 11.3 Å². The summed E-state index contributed by atoms with van der Waals surface area (Å²) < 4.78 is 0. The quantitative estimate of drug-likeness (QED) is 0.653. The molecular weight excluding hydrogens is 216 g/mol. The van der Waals surface area contributed by atoms with Crippen LogP contribution in [0.4, 0.5) is 5.00 Å². The summed E-state index contributed by atoms with van der Waals surface area (Å²) in [6, 6.07) is 12.4. The van der Waals surface area contributed by atoms with Gasteiger partial charge in [-0.05, 0) is 25.1 Å². The van der Waals surface area contributed by atoms with Gasteiger partial charge in [0.05, 0.1) is 5.00 Å². The molecule has 0 fully saturated rings. The van der Waals surface area contributed by atoms with Gasteiger partial charge in [0.25, 0.3) is 0 Å². The smallest absolute Gasteiger partial charge is 0.0862 e. The minimum Gasteiger partial charge on any atom is -0.391 e. The van der Waals surface area contributed by atoms with Crippen LogP contribution in [-0.2, 0) is 0 Å². The molecule has 80 valence electrons. The number of para-hydroxylation sites is 1. The number of rotatable bonds is 1. The van der Waals surface area contributed by atoms with Crippen LogP contribution in [0.3, 0.4) is 0 Å². The molecule has 0 unspecified atom stereocenters. The Kier molecular flexibility index (Phi) is 2.01.